The van der Waals surface area contributed by atoms with Gasteiger partial charge in [0.05, 0.1) is 11.6 Å². The van der Waals surface area contributed by atoms with E-state index >= 15 is 0 Å². The first-order valence-electron chi connectivity index (χ1n) is 9.06. The molecule has 1 N–H and O–H groups in total. The molecule has 142 valence electrons. The fourth-order valence-electron chi connectivity index (χ4n) is 3.24. The molecule has 1 atom stereocenters. The van der Waals surface area contributed by atoms with E-state index in [1.165, 1.54) is 16.6 Å². The van der Waals surface area contributed by atoms with Crippen LogP contribution >= 0.6 is 0 Å². The Hall–Kier alpha value is -3.55. The lowest BCUT2D eigenvalue weighted by Crippen LogP contribution is -2.28. The normalized spacial score (nSPS) is 16.4. The number of likely N-dealkylation sites (tertiary alicyclic amines) is 1. The first kappa shape index (κ1) is 17.8. The van der Waals surface area contributed by atoms with Crippen molar-refractivity contribution in [2.45, 2.75) is 19.9 Å². The van der Waals surface area contributed by atoms with E-state index in [0.717, 1.165) is 11.3 Å². The van der Waals surface area contributed by atoms with Crippen molar-refractivity contribution in [1.82, 2.24) is 25.1 Å². The van der Waals surface area contributed by atoms with Gasteiger partial charge in [0.15, 0.2) is 0 Å². The second-order valence-corrected chi connectivity index (χ2v) is 6.95. The summed E-state index contributed by atoms with van der Waals surface area (Å²) in [5.74, 6) is -0.484. The third-order valence-electron chi connectivity index (χ3n) is 4.83. The minimum absolute atomic E-state index is 0.00903. The van der Waals surface area contributed by atoms with Crippen molar-refractivity contribution in [3.05, 3.63) is 66.0 Å². The van der Waals surface area contributed by atoms with Crippen LogP contribution in [0.25, 0.3) is 5.69 Å². The summed E-state index contributed by atoms with van der Waals surface area (Å²) in [7, 11) is 0. The number of nitrogens with zero attached hydrogens (tertiary/aromatic N) is 5. The lowest BCUT2D eigenvalue weighted by molar-refractivity contribution is -0.128. The SMILES string of the molecule is Cc1ccc(CN2CC(C(=O)Nc3ccc(-n4cnnn4)cc3)CC2=O)cc1. The molecule has 4 rings (SSSR count). The van der Waals surface area contributed by atoms with Gasteiger partial charge in [0.2, 0.25) is 11.8 Å². The van der Waals surface area contributed by atoms with Crippen LogP contribution in [0.2, 0.25) is 0 Å². The molecule has 1 fully saturated rings. The van der Waals surface area contributed by atoms with E-state index in [1.54, 1.807) is 17.0 Å². The summed E-state index contributed by atoms with van der Waals surface area (Å²) in [6, 6.07) is 15.3. The van der Waals surface area contributed by atoms with Crippen LogP contribution in [0.3, 0.4) is 0 Å². The quantitative estimate of drug-likeness (QED) is 0.735. The van der Waals surface area contributed by atoms with E-state index in [0.29, 0.717) is 18.8 Å². The predicted molar refractivity (Wildman–Crippen MR) is 102 cm³/mol. The first-order chi connectivity index (χ1) is 13.6. The summed E-state index contributed by atoms with van der Waals surface area (Å²) in [6.45, 7) is 2.99. The minimum atomic E-state index is -0.350. The van der Waals surface area contributed by atoms with Crippen molar-refractivity contribution in [3.8, 4) is 5.69 Å². The Labute approximate surface area is 162 Å². The van der Waals surface area contributed by atoms with Crippen molar-refractivity contribution in [1.29, 1.82) is 0 Å². The van der Waals surface area contributed by atoms with Gasteiger partial charge in [0.25, 0.3) is 0 Å². The van der Waals surface area contributed by atoms with E-state index in [1.807, 2.05) is 43.3 Å². The smallest absolute Gasteiger partial charge is 0.229 e. The van der Waals surface area contributed by atoms with Crippen LogP contribution < -0.4 is 5.32 Å². The maximum atomic E-state index is 12.6. The molecule has 2 amide bonds. The third-order valence-corrected chi connectivity index (χ3v) is 4.83. The van der Waals surface area contributed by atoms with Crippen molar-refractivity contribution < 1.29 is 9.59 Å². The number of anilines is 1. The summed E-state index contributed by atoms with van der Waals surface area (Å²) >= 11 is 0. The van der Waals surface area contributed by atoms with Crippen LogP contribution in [0, 0.1) is 12.8 Å². The second-order valence-electron chi connectivity index (χ2n) is 6.95. The van der Waals surface area contributed by atoms with Gasteiger partial charge in [-0.2, -0.15) is 0 Å². The third kappa shape index (κ3) is 3.90. The first-order valence-corrected chi connectivity index (χ1v) is 9.06. The second kappa shape index (κ2) is 7.59. The van der Waals surface area contributed by atoms with Crippen LogP contribution in [-0.4, -0.2) is 43.5 Å². The van der Waals surface area contributed by atoms with Crippen molar-refractivity contribution in [2.75, 3.05) is 11.9 Å². The molecule has 8 heteroatoms. The van der Waals surface area contributed by atoms with E-state index in [9.17, 15) is 9.59 Å². The van der Waals surface area contributed by atoms with Crippen LogP contribution in [0.1, 0.15) is 17.5 Å². The van der Waals surface area contributed by atoms with Crippen molar-refractivity contribution in [3.63, 3.8) is 0 Å². The zero-order valence-corrected chi connectivity index (χ0v) is 15.4. The zero-order valence-electron chi connectivity index (χ0n) is 15.4. The molecule has 1 aromatic heterocycles. The van der Waals surface area contributed by atoms with Gasteiger partial charge in [-0.3, -0.25) is 9.59 Å². The highest BCUT2D eigenvalue weighted by Gasteiger charge is 2.34. The number of carbonyl (C=O) groups is 2. The van der Waals surface area contributed by atoms with E-state index in [-0.39, 0.29) is 24.2 Å². The largest absolute Gasteiger partial charge is 0.338 e. The summed E-state index contributed by atoms with van der Waals surface area (Å²) in [5.41, 5.74) is 3.72. The van der Waals surface area contributed by atoms with Gasteiger partial charge >= 0.3 is 0 Å². The Morgan fingerprint density at radius 2 is 1.89 bits per heavy atom. The highest BCUT2D eigenvalue weighted by Crippen LogP contribution is 2.22. The van der Waals surface area contributed by atoms with Crippen molar-refractivity contribution >= 4 is 17.5 Å². The molecule has 2 heterocycles. The van der Waals surface area contributed by atoms with E-state index in [2.05, 4.69) is 20.8 Å². The number of rotatable bonds is 5. The molecular weight excluding hydrogens is 356 g/mol. The Morgan fingerprint density at radius 3 is 2.57 bits per heavy atom. The highest BCUT2D eigenvalue weighted by molar-refractivity contribution is 5.97. The van der Waals surface area contributed by atoms with Crippen LogP contribution in [-0.2, 0) is 16.1 Å². The molecule has 0 bridgehead atoms. The molecule has 0 radical (unpaired) electrons. The van der Waals surface area contributed by atoms with Gasteiger partial charge in [0, 0.05) is 25.2 Å². The zero-order chi connectivity index (χ0) is 19.5. The maximum Gasteiger partial charge on any atom is 0.229 e. The number of amides is 2. The number of carbonyl (C=O) groups excluding carboxylic acids is 2. The van der Waals surface area contributed by atoms with Gasteiger partial charge in [-0.15, -0.1) is 5.10 Å². The molecule has 1 unspecified atom stereocenters. The standard InChI is InChI=1S/C20H20N6O2/c1-14-2-4-15(5-3-14)11-25-12-16(10-19(25)27)20(28)22-17-6-8-18(9-7-17)26-13-21-23-24-26/h2-9,13,16H,10-12H2,1H3,(H,22,28). The Bertz CT molecular complexity index is 967. The average molecular weight is 376 g/mol. The predicted octanol–water partition coefficient (Wildman–Crippen LogP) is 1.96. The minimum Gasteiger partial charge on any atom is -0.338 e. The number of aromatic nitrogens is 4. The highest BCUT2D eigenvalue weighted by atomic mass is 16.2. The molecule has 1 aliphatic rings. The van der Waals surface area contributed by atoms with Crippen molar-refractivity contribution in [2.24, 2.45) is 5.92 Å². The molecule has 28 heavy (non-hydrogen) atoms. The Morgan fingerprint density at radius 1 is 1.14 bits per heavy atom. The average Bonchev–Trinajstić information content (AvgIpc) is 3.35. The number of nitrogens with one attached hydrogen (secondary N) is 1. The van der Waals surface area contributed by atoms with Crippen LogP contribution in [0.4, 0.5) is 5.69 Å². The number of hydrogen-bond acceptors (Lipinski definition) is 5. The summed E-state index contributed by atoms with van der Waals surface area (Å²) < 4.78 is 1.53. The number of aryl methyl sites for hydroxylation is 1. The molecule has 2 aromatic carbocycles. The van der Waals surface area contributed by atoms with E-state index in [4.69, 9.17) is 0 Å². The lowest BCUT2D eigenvalue weighted by Gasteiger charge is -2.17. The summed E-state index contributed by atoms with van der Waals surface area (Å²) in [6.07, 6.45) is 1.74. The number of benzene rings is 2. The Kier molecular flexibility index (Phi) is 4.84. The molecule has 1 saturated heterocycles. The number of tetrazole rings is 1. The molecule has 0 spiro atoms. The van der Waals surface area contributed by atoms with Gasteiger partial charge in [-0.05, 0) is 47.2 Å². The Balaban J connectivity index is 1.36. The molecule has 3 aromatic rings. The summed E-state index contributed by atoms with van der Waals surface area (Å²) in [4.78, 5) is 26.6. The lowest BCUT2D eigenvalue weighted by atomic mass is 10.1. The molecular formula is C20H20N6O2. The monoisotopic (exact) mass is 376 g/mol. The van der Waals surface area contributed by atoms with Gasteiger partial charge < -0.3 is 10.2 Å². The van der Waals surface area contributed by atoms with E-state index < -0.39 is 0 Å². The van der Waals surface area contributed by atoms with Crippen LogP contribution in [0.15, 0.2) is 54.9 Å². The van der Waals surface area contributed by atoms with Gasteiger partial charge in [-0.25, -0.2) is 4.68 Å². The van der Waals surface area contributed by atoms with Gasteiger partial charge in [0.1, 0.15) is 6.33 Å². The molecule has 0 saturated carbocycles. The molecule has 1 aliphatic heterocycles. The molecule has 0 aliphatic carbocycles. The number of hydrogen-bond donors (Lipinski definition) is 1. The fraction of sp³-hybridized carbons (Fsp3) is 0.250. The summed E-state index contributed by atoms with van der Waals surface area (Å²) in [5, 5.41) is 13.9. The molecule has 8 nitrogen and oxygen atoms in total. The van der Waals surface area contributed by atoms with Gasteiger partial charge in [-0.1, -0.05) is 29.8 Å². The van der Waals surface area contributed by atoms with Crippen LogP contribution in [0.5, 0.6) is 0 Å². The fourth-order valence-corrected chi connectivity index (χ4v) is 3.24. The topological polar surface area (TPSA) is 93.0 Å². The maximum absolute atomic E-state index is 12.6.